The van der Waals surface area contributed by atoms with Gasteiger partial charge in [0.25, 0.3) is 0 Å². The highest BCUT2D eigenvalue weighted by Gasteiger charge is 2.23. The quantitative estimate of drug-likeness (QED) is 0.732. The van der Waals surface area contributed by atoms with Crippen molar-refractivity contribution in [2.24, 2.45) is 0 Å². The summed E-state index contributed by atoms with van der Waals surface area (Å²) in [6, 6.07) is 5.17. The summed E-state index contributed by atoms with van der Waals surface area (Å²) in [4.78, 5) is 12.0. The third-order valence-corrected chi connectivity index (χ3v) is 5.87. The van der Waals surface area contributed by atoms with E-state index in [1.807, 2.05) is 0 Å². The highest BCUT2D eigenvalue weighted by molar-refractivity contribution is 9.13. The number of thiophene rings is 1. The molecular weight excluding hydrogens is 413 g/mol. The highest BCUT2D eigenvalue weighted by atomic mass is 79.9. The van der Waals surface area contributed by atoms with Gasteiger partial charge in [0.05, 0.1) is 3.79 Å². The van der Waals surface area contributed by atoms with Gasteiger partial charge in [-0.2, -0.15) is 0 Å². The SMILES string of the molecule is Cc1cc(F)cc(NC(C(=O)O)c2cc(Br)c(Br)s2)c1. The molecular formula is C13H10Br2FNO2S. The Morgan fingerprint density at radius 2 is 2.05 bits per heavy atom. The van der Waals surface area contributed by atoms with Gasteiger partial charge in [-0.3, -0.25) is 0 Å². The Labute approximate surface area is 136 Å². The second-order valence-electron chi connectivity index (χ2n) is 4.20. The minimum Gasteiger partial charge on any atom is -0.479 e. The summed E-state index contributed by atoms with van der Waals surface area (Å²) in [6.45, 7) is 1.75. The number of benzene rings is 1. The summed E-state index contributed by atoms with van der Waals surface area (Å²) in [5.74, 6) is -1.42. The number of aliphatic carboxylic acids is 1. The Morgan fingerprint density at radius 3 is 2.55 bits per heavy atom. The molecule has 1 unspecified atom stereocenters. The van der Waals surface area contributed by atoms with Gasteiger partial charge in [0.2, 0.25) is 0 Å². The van der Waals surface area contributed by atoms with Crippen LogP contribution >= 0.6 is 43.2 Å². The van der Waals surface area contributed by atoms with Gasteiger partial charge in [0, 0.05) is 15.0 Å². The number of anilines is 1. The summed E-state index contributed by atoms with van der Waals surface area (Å²) in [5, 5.41) is 12.2. The van der Waals surface area contributed by atoms with E-state index in [2.05, 4.69) is 37.2 Å². The normalized spacial score (nSPS) is 12.2. The van der Waals surface area contributed by atoms with Crippen molar-refractivity contribution in [2.75, 3.05) is 5.32 Å². The second-order valence-corrected chi connectivity index (χ2v) is 7.46. The van der Waals surface area contributed by atoms with Crippen molar-refractivity contribution in [2.45, 2.75) is 13.0 Å². The molecule has 106 valence electrons. The van der Waals surface area contributed by atoms with Crippen molar-refractivity contribution >= 4 is 54.9 Å². The van der Waals surface area contributed by atoms with Crippen LogP contribution in [0, 0.1) is 12.7 Å². The predicted molar refractivity (Wildman–Crippen MR) is 84.9 cm³/mol. The number of carboxylic acid groups (broad SMARTS) is 1. The molecule has 0 fully saturated rings. The second kappa shape index (κ2) is 6.24. The number of carbonyl (C=O) groups is 1. The van der Waals surface area contributed by atoms with Crippen LogP contribution in [-0.4, -0.2) is 11.1 Å². The smallest absolute Gasteiger partial charge is 0.331 e. The first-order valence-corrected chi connectivity index (χ1v) is 7.98. The van der Waals surface area contributed by atoms with Crippen LogP contribution in [0.1, 0.15) is 16.5 Å². The molecule has 0 amide bonds. The van der Waals surface area contributed by atoms with Crippen LogP contribution in [0.5, 0.6) is 0 Å². The minimum absolute atomic E-state index is 0.398. The lowest BCUT2D eigenvalue weighted by Crippen LogP contribution is -2.19. The van der Waals surface area contributed by atoms with E-state index in [9.17, 15) is 14.3 Å². The number of carboxylic acids is 1. The van der Waals surface area contributed by atoms with Gasteiger partial charge in [-0.25, -0.2) is 9.18 Å². The first-order valence-electron chi connectivity index (χ1n) is 5.58. The molecule has 0 saturated carbocycles. The molecule has 0 bridgehead atoms. The number of aryl methyl sites for hydroxylation is 1. The summed E-state index contributed by atoms with van der Waals surface area (Å²) in [5.41, 5.74) is 1.17. The van der Waals surface area contributed by atoms with Crippen molar-refractivity contribution in [3.63, 3.8) is 0 Å². The van der Waals surface area contributed by atoms with E-state index in [1.165, 1.54) is 23.5 Å². The highest BCUT2D eigenvalue weighted by Crippen LogP contribution is 2.36. The van der Waals surface area contributed by atoms with Gasteiger partial charge in [-0.15, -0.1) is 11.3 Å². The Bertz CT molecular complexity index is 620. The van der Waals surface area contributed by atoms with E-state index in [0.717, 1.165) is 13.8 Å². The number of rotatable bonds is 4. The Morgan fingerprint density at radius 1 is 1.35 bits per heavy atom. The minimum atomic E-state index is -1.02. The number of halogens is 3. The summed E-state index contributed by atoms with van der Waals surface area (Å²) in [6.07, 6.45) is 0. The molecule has 20 heavy (non-hydrogen) atoms. The molecule has 1 atom stereocenters. The molecule has 0 aliphatic heterocycles. The summed E-state index contributed by atoms with van der Waals surface area (Å²) in [7, 11) is 0. The molecule has 2 N–H and O–H groups in total. The van der Waals surface area contributed by atoms with Gasteiger partial charge >= 0.3 is 5.97 Å². The maximum absolute atomic E-state index is 13.4. The lowest BCUT2D eigenvalue weighted by molar-refractivity contribution is -0.138. The fourth-order valence-corrected chi connectivity index (χ4v) is 3.88. The molecule has 0 aliphatic carbocycles. The largest absolute Gasteiger partial charge is 0.479 e. The molecule has 0 saturated heterocycles. The Hall–Kier alpha value is -0.920. The third kappa shape index (κ3) is 3.59. The van der Waals surface area contributed by atoms with Crippen molar-refractivity contribution in [3.05, 3.63) is 48.8 Å². The van der Waals surface area contributed by atoms with Crippen LogP contribution in [0.2, 0.25) is 0 Å². The van der Waals surface area contributed by atoms with Crippen LogP contribution in [0.15, 0.2) is 32.5 Å². The predicted octanol–water partition coefficient (Wildman–Crippen LogP) is 4.96. The molecule has 3 nitrogen and oxygen atoms in total. The zero-order valence-corrected chi connectivity index (χ0v) is 14.3. The fourth-order valence-electron chi connectivity index (χ4n) is 1.75. The molecule has 1 aromatic carbocycles. The van der Waals surface area contributed by atoms with Crippen LogP contribution in [0.4, 0.5) is 10.1 Å². The van der Waals surface area contributed by atoms with E-state index >= 15 is 0 Å². The van der Waals surface area contributed by atoms with Crippen LogP contribution < -0.4 is 5.32 Å². The van der Waals surface area contributed by atoms with Gasteiger partial charge in [0.1, 0.15) is 5.82 Å². The maximum Gasteiger partial charge on any atom is 0.331 e. The molecule has 0 spiro atoms. The monoisotopic (exact) mass is 421 g/mol. The standard InChI is InChI=1S/C13H10Br2FNO2S/c1-6-2-7(16)4-8(3-6)17-11(13(18)19)10-5-9(14)12(15)20-10/h2-5,11,17H,1H3,(H,18,19). The number of nitrogens with one attached hydrogen (secondary N) is 1. The van der Waals surface area contributed by atoms with Crippen LogP contribution in [0.25, 0.3) is 0 Å². The van der Waals surface area contributed by atoms with Crippen LogP contribution in [0.3, 0.4) is 0 Å². The van der Waals surface area contributed by atoms with Crippen molar-refractivity contribution in [1.82, 2.24) is 0 Å². The van der Waals surface area contributed by atoms with Crippen molar-refractivity contribution in [3.8, 4) is 0 Å². The number of hydrogen-bond donors (Lipinski definition) is 2. The Balaban J connectivity index is 2.32. The lowest BCUT2D eigenvalue weighted by Gasteiger charge is -2.14. The third-order valence-electron chi connectivity index (χ3n) is 2.55. The first kappa shape index (κ1) is 15.5. The number of hydrogen-bond acceptors (Lipinski definition) is 3. The van der Waals surface area contributed by atoms with Gasteiger partial charge in [0.15, 0.2) is 6.04 Å². The molecule has 0 aliphatic rings. The fraction of sp³-hybridized carbons (Fsp3) is 0.154. The summed E-state index contributed by atoms with van der Waals surface area (Å²) >= 11 is 7.97. The Kier molecular flexibility index (Phi) is 4.82. The maximum atomic E-state index is 13.4. The molecule has 0 radical (unpaired) electrons. The van der Waals surface area contributed by atoms with E-state index in [-0.39, 0.29) is 0 Å². The van der Waals surface area contributed by atoms with Crippen molar-refractivity contribution in [1.29, 1.82) is 0 Å². The van der Waals surface area contributed by atoms with E-state index in [1.54, 1.807) is 19.1 Å². The van der Waals surface area contributed by atoms with Crippen LogP contribution in [-0.2, 0) is 4.79 Å². The van der Waals surface area contributed by atoms with Gasteiger partial charge < -0.3 is 10.4 Å². The first-order chi connectivity index (χ1) is 9.36. The van der Waals surface area contributed by atoms with E-state index < -0.39 is 17.8 Å². The van der Waals surface area contributed by atoms with Gasteiger partial charge in [-0.1, -0.05) is 0 Å². The van der Waals surface area contributed by atoms with E-state index in [0.29, 0.717) is 10.6 Å². The zero-order chi connectivity index (χ0) is 14.9. The molecule has 1 aromatic heterocycles. The zero-order valence-electron chi connectivity index (χ0n) is 10.3. The van der Waals surface area contributed by atoms with Gasteiger partial charge in [-0.05, 0) is 68.6 Å². The molecule has 7 heteroatoms. The average Bonchev–Trinajstić information content (AvgIpc) is 2.64. The topological polar surface area (TPSA) is 49.3 Å². The van der Waals surface area contributed by atoms with Crippen molar-refractivity contribution < 1.29 is 14.3 Å². The molecule has 2 rings (SSSR count). The van der Waals surface area contributed by atoms with E-state index in [4.69, 9.17) is 0 Å². The lowest BCUT2D eigenvalue weighted by atomic mass is 10.2. The average molecular weight is 423 g/mol. The summed E-state index contributed by atoms with van der Waals surface area (Å²) < 4.78 is 15.0. The molecule has 2 aromatic rings. The molecule has 1 heterocycles.